The average molecular weight is 369 g/mol. The number of amides is 2. The number of aromatic nitrogens is 1. The van der Waals surface area contributed by atoms with Gasteiger partial charge in [0.05, 0.1) is 12.1 Å². The number of rotatable bonds is 5. The van der Waals surface area contributed by atoms with Crippen LogP contribution in [0.4, 0.5) is 18.3 Å². The lowest BCUT2D eigenvalue weighted by Gasteiger charge is -2.12. The Kier molecular flexibility index (Phi) is 4.76. The van der Waals surface area contributed by atoms with Crippen molar-refractivity contribution in [3.8, 4) is 0 Å². The quantitative estimate of drug-likeness (QED) is 0.851. The molecule has 1 aliphatic rings. The summed E-state index contributed by atoms with van der Waals surface area (Å²) in [5.74, 6) is -1.87. The number of nitrogens with zero attached hydrogens (tertiary/aromatic N) is 1. The molecule has 1 saturated carbocycles. The van der Waals surface area contributed by atoms with Crippen LogP contribution >= 0.6 is 11.3 Å². The van der Waals surface area contributed by atoms with E-state index in [1.807, 2.05) is 0 Å². The van der Waals surface area contributed by atoms with Crippen LogP contribution in [0.15, 0.2) is 35.8 Å². The third-order valence-electron chi connectivity index (χ3n) is 3.89. The van der Waals surface area contributed by atoms with Crippen LogP contribution in [0.5, 0.6) is 0 Å². The van der Waals surface area contributed by atoms with Crippen LogP contribution in [0.25, 0.3) is 0 Å². The van der Waals surface area contributed by atoms with Gasteiger partial charge in [-0.25, -0.2) is 4.98 Å². The van der Waals surface area contributed by atoms with Crippen molar-refractivity contribution in [2.75, 3.05) is 11.9 Å². The first-order chi connectivity index (χ1) is 11.9. The Labute approximate surface area is 145 Å². The van der Waals surface area contributed by atoms with Crippen molar-refractivity contribution in [2.24, 2.45) is 5.92 Å². The van der Waals surface area contributed by atoms with Gasteiger partial charge < -0.3 is 10.6 Å². The molecular formula is C16H14F3N3O2S. The second-order valence-corrected chi connectivity index (χ2v) is 6.53. The highest BCUT2D eigenvalue weighted by atomic mass is 32.1. The molecule has 2 N–H and O–H groups in total. The number of carbonyl (C=O) groups is 2. The van der Waals surface area contributed by atoms with E-state index in [4.69, 9.17) is 0 Å². The summed E-state index contributed by atoms with van der Waals surface area (Å²) in [5.41, 5.74) is -0.584. The van der Waals surface area contributed by atoms with E-state index in [1.54, 1.807) is 5.38 Å². The highest BCUT2D eigenvalue weighted by Gasteiger charge is 2.47. The summed E-state index contributed by atoms with van der Waals surface area (Å²) in [6.45, 7) is -0.247. The summed E-state index contributed by atoms with van der Waals surface area (Å²) in [6, 6.07) is 5.27. The molecule has 2 atom stereocenters. The number of nitrogens with one attached hydrogen (secondary N) is 2. The fourth-order valence-electron chi connectivity index (χ4n) is 2.65. The molecule has 3 rings (SSSR count). The fraction of sp³-hybridized carbons (Fsp3) is 0.312. The van der Waals surface area contributed by atoms with Crippen LogP contribution in [0.2, 0.25) is 0 Å². The molecule has 0 bridgehead atoms. The van der Waals surface area contributed by atoms with Gasteiger partial charge in [-0.1, -0.05) is 18.2 Å². The number of thiazole rings is 1. The second-order valence-electron chi connectivity index (χ2n) is 5.64. The molecule has 25 heavy (non-hydrogen) atoms. The van der Waals surface area contributed by atoms with E-state index in [1.165, 1.54) is 35.7 Å². The molecule has 0 unspecified atom stereocenters. The molecule has 1 aliphatic carbocycles. The largest absolute Gasteiger partial charge is 0.416 e. The summed E-state index contributed by atoms with van der Waals surface area (Å²) in [6.07, 6.45) is -2.58. The highest BCUT2D eigenvalue weighted by molar-refractivity contribution is 7.13. The maximum absolute atomic E-state index is 13.0. The molecule has 1 heterocycles. The van der Waals surface area contributed by atoms with E-state index in [9.17, 15) is 22.8 Å². The van der Waals surface area contributed by atoms with Gasteiger partial charge in [0.15, 0.2) is 5.13 Å². The Balaban J connectivity index is 1.55. The second kappa shape index (κ2) is 6.83. The number of anilines is 1. The van der Waals surface area contributed by atoms with Crippen molar-refractivity contribution in [2.45, 2.75) is 18.5 Å². The third-order valence-corrected chi connectivity index (χ3v) is 4.58. The molecule has 5 nitrogen and oxygen atoms in total. The lowest BCUT2D eigenvalue weighted by Crippen LogP contribution is -2.34. The van der Waals surface area contributed by atoms with Gasteiger partial charge in [0, 0.05) is 17.5 Å². The van der Waals surface area contributed by atoms with Crippen molar-refractivity contribution in [1.29, 1.82) is 0 Å². The zero-order valence-corrected chi connectivity index (χ0v) is 13.7. The lowest BCUT2D eigenvalue weighted by molar-refractivity contribution is -0.138. The number of carbonyl (C=O) groups excluding carboxylic acids is 2. The number of halogens is 3. The molecule has 0 saturated heterocycles. The van der Waals surface area contributed by atoms with Crippen LogP contribution in [-0.2, 0) is 15.8 Å². The minimum Gasteiger partial charge on any atom is -0.347 e. The molecule has 9 heteroatoms. The standard InChI is InChI=1S/C16H14F3N3O2S/c17-16(18,19)12-4-2-1-3-9(12)10-7-11(10)14(24)21-8-13(23)22-15-20-5-6-25-15/h1-6,10-11H,7-8H2,(H,21,24)(H,20,22,23)/t10-,11-/m1/s1. The minimum atomic E-state index is -4.45. The van der Waals surface area contributed by atoms with Crippen molar-refractivity contribution >= 4 is 28.3 Å². The predicted molar refractivity (Wildman–Crippen MR) is 86.0 cm³/mol. The fourth-order valence-corrected chi connectivity index (χ4v) is 3.20. The van der Waals surface area contributed by atoms with Crippen molar-refractivity contribution in [3.63, 3.8) is 0 Å². The minimum absolute atomic E-state index is 0.127. The van der Waals surface area contributed by atoms with Gasteiger partial charge in [-0.2, -0.15) is 13.2 Å². The van der Waals surface area contributed by atoms with Crippen LogP contribution < -0.4 is 10.6 Å². The molecule has 0 radical (unpaired) electrons. The van der Waals surface area contributed by atoms with Gasteiger partial charge in [-0.3, -0.25) is 9.59 Å². The molecule has 0 aliphatic heterocycles. The summed E-state index contributed by atoms with van der Waals surface area (Å²) < 4.78 is 39.1. The van der Waals surface area contributed by atoms with Gasteiger partial charge >= 0.3 is 6.18 Å². The Bertz CT molecular complexity index is 777. The molecule has 2 amide bonds. The Morgan fingerprint density at radius 1 is 1.28 bits per heavy atom. The summed E-state index contributed by atoms with van der Waals surface area (Å²) in [5, 5.41) is 7.09. The van der Waals surface area contributed by atoms with E-state index >= 15 is 0 Å². The summed E-state index contributed by atoms with van der Waals surface area (Å²) in [7, 11) is 0. The number of alkyl halides is 3. The highest BCUT2D eigenvalue weighted by Crippen LogP contribution is 2.50. The molecule has 0 spiro atoms. The third kappa shape index (κ3) is 4.16. The normalized spacial score (nSPS) is 19.3. The van der Waals surface area contributed by atoms with Gasteiger partial charge in [0.2, 0.25) is 11.8 Å². The van der Waals surface area contributed by atoms with Crippen LogP contribution in [0.1, 0.15) is 23.5 Å². The van der Waals surface area contributed by atoms with Crippen molar-refractivity contribution in [3.05, 3.63) is 47.0 Å². The first kappa shape index (κ1) is 17.4. The number of benzene rings is 1. The average Bonchev–Trinajstić information content (AvgIpc) is 3.21. The molecule has 1 aromatic carbocycles. The summed E-state index contributed by atoms with van der Waals surface area (Å²) >= 11 is 1.24. The van der Waals surface area contributed by atoms with Gasteiger partial charge in [0.25, 0.3) is 0 Å². The van der Waals surface area contributed by atoms with Crippen molar-refractivity contribution < 1.29 is 22.8 Å². The van der Waals surface area contributed by atoms with Crippen LogP contribution in [0.3, 0.4) is 0 Å². The molecule has 1 fully saturated rings. The maximum atomic E-state index is 13.0. The monoisotopic (exact) mass is 369 g/mol. The Morgan fingerprint density at radius 2 is 2.04 bits per heavy atom. The van der Waals surface area contributed by atoms with Crippen molar-refractivity contribution in [1.82, 2.24) is 10.3 Å². The topological polar surface area (TPSA) is 71.1 Å². The van der Waals surface area contributed by atoms with E-state index in [2.05, 4.69) is 15.6 Å². The van der Waals surface area contributed by atoms with E-state index in [0.717, 1.165) is 6.07 Å². The van der Waals surface area contributed by atoms with Gasteiger partial charge in [0.1, 0.15) is 0 Å². The first-order valence-electron chi connectivity index (χ1n) is 7.49. The Morgan fingerprint density at radius 3 is 2.72 bits per heavy atom. The van der Waals surface area contributed by atoms with E-state index in [-0.39, 0.29) is 12.1 Å². The van der Waals surface area contributed by atoms with Gasteiger partial charge in [-0.05, 0) is 24.0 Å². The Hall–Kier alpha value is -2.42. The van der Waals surface area contributed by atoms with E-state index < -0.39 is 35.4 Å². The summed E-state index contributed by atoms with van der Waals surface area (Å²) in [4.78, 5) is 27.6. The first-order valence-corrected chi connectivity index (χ1v) is 8.37. The molecular weight excluding hydrogens is 355 g/mol. The smallest absolute Gasteiger partial charge is 0.347 e. The van der Waals surface area contributed by atoms with Crippen LogP contribution in [-0.4, -0.2) is 23.3 Å². The molecule has 132 valence electrons. The number of hydrogen-bond donors (Lipinski definition) is 2. The molecule has 1 aromatic heterocycles. The zero-order valence-electron chi connectivity index (χ0n) is 12.8. The predicted octanol–water partition coefficient (Wildman–Crippen LogP) is 3.02. The molecule has 2 aromatic rings. The lowest BCUT2D eigenvalue weighted by atomic mass is 10.0. The maximum Gasteiger partial charge on any atom is 0.416 e. The zero-order chi connectivity index (χ0) is 18.0. The van der Waals surface area contributed by atoms with E-state index in [0.29, 0.717) is 11.6 Å². The SMILES string of the molecule is O=C(CNC(=O)[C@@H]1C[C@@H]1c1ccccc1C(F)(F)F)Nc1nccs1. The van der Waals surface area contributed by atoms with Crippen LogP contribution in [0, 0.1) is 5.92 Å². The van der Waals surface area contributed by atoms with Gasteiger partial charge in [-0.15, -0.1) is 11.3 Å². The number of hydrogen-bond acceptors (Lipinski definition) is 4.